The second kappa shape index (κ2) is 6.24. The molecule has 2 N–H and O–H groups in total. The zero-order chi connectivity index (χ0) is 19.2. The van der Waals surface area contributed by atoms with Crippen LogP contribution in [0.25, 0.3) is 22.2 Å². The van der Waals surface area contributed by atoms with Crippen LogP contribution in [-0.2, 0) is 10.0 Å². The van der Waals surface area contributed by atoms with Crippen molar-refractivity contribution in [1.29, 1.82) is 0 Å². The molecular weight excluding hydrogens is 364 g/mol. The van der Waals surface area contributed by atoms with Crippen LogP contribution >= 0.6 is 0 Å². The van der Waals surface area contributed by atoms with Crippen molar-refractivity contribution in [3.8, 4) is 11.1 Å². The number of hydrogen-bond acceptors (Lipinski definition) is 5. The van der Waals surface area contributed by atoms with Crippen LogP contribution in [0.15, 0.2) is 51.9 Å². The lowest BCUT2D eigenvalue weighted by Crippen LogP contribution is -2.13. The number of H-pyrrole nitrogens is 1. The van der Waals surface area contributed by atoms with Crippen molar-refractivity contribution in [1.82, 2.24) is 15.1 Å². The number of imidazole rings is 1. The number of nitrogens with zero attached hydrogens (tertiary/aromatic N) is 2. The fourth-order valence-electron chi connectivity index (χ4n) is 3.16. The number of aryl methyl sites for hydroxylation is 3. The first-order chi connectivity index (χ1) is 12.8. The predicted molar refractivity (Wildman–Crippen MR) is 103 cm³/mol. The zero-order valence-corrected chi connectivity index (χ0v) is 15.9. The minimum atomic E-state index is -3.71. The van der Waals surface area contributed by atoms with Crippen molar-refractivity contribution in [2.24, 2.45) is 0 Å². The predicted octanol–water partition coefficient (Wildman–Crippen LogP) is 3.94. The maximum absolute atomic E-state index is 12.5. The molecule has 0 aliphatic rings. The number of sulfonamides is 1. The average Bonchev–Trinajstić information content (AvgIpc) is 3.18. The maximum Gasteiger partial charge on any atom is 0.264 e. The second-order valence-corrected chi connectivity index (χ2v) is 8.07. The number of rotatable bonds is 4. The average molecular weight is 382 g/mol. The van der Waals surface area contributed by atoms with Gasteiger partial charge in [0.2, 0.25) is 5.95 Å². The highest BCUT2D eigenvalue weighted by molar-refractivity contribution is 7.92. The standard InChI is InChI=1S/C19H18N4O3S/c1-11-9-14(17-12(2)22-26-13(17)3)10-16-18(11)21-19(20-16)23-27(24,25)15-7-5-4-6-8-15/h4-10H,1-3H3,(H2,20,21,23). The quantitative estimate of drug-likeness (QED) is 0.557. The van der Waals surface area contributed by atoms with E-state index in [1.165, 1.54) is 12.1 Å². The van der Waals surface area contributed by atoms with Gasteiger partial charge >= 0.3 is 0 Å². The Morgan fingerprint density at radius 2 is 1.81 bits per heavy atom. The first-order valence-corrected chi connectivity index (χ1v) is 9.85. The molecule has 0 aliphatic heterocycles. The molecule has 0 saturated carbocycles. The van der Waals surface area contributed by atoms with E-state index in [4.69, 9.17) is 4.52 Å². The molecule has 0 atom stereocenters. The monoisotopic (exact) mass is 382 g/mol. The summed E-state index contributed by atoms with van der Waals surface area (Å²) in [5.41, 5.74) is 5.03. The summed E-state index contributed by atoms with van der Waals surface area (Å²) in [7, 11) is -3.71. The summed E-state index contributed by atoms with van der Waals surface area (Å²) in [6, 6.07) is 12.1. The van der Waals surface area contributed by atoms with Gasteiger partial charge in [-0.15, -0.1) is 0 Å². The maximum atomic E-state index is 12.5. The lowest BCUT2D eigenvalue weighted by Gasteiger charge is -2.04. The van der Waals surface area contributed by atoms with Gasteiger partial charge in [0.15, 0.2) is 0 Å². The van der Waals surface area contributed by atoms with E-state index in [2.05, 4.69) is 19.8 Å². The molecular formula is C19H18N4O3S. The normalized spacial score (nSPS) is 11.8. The number of anilines is 1. The molecule has 8 heteroatoms. The van der Waals surface area contributed by atoms with Gasteiger partial charge in [0.1, 0.15) is 5.76 Å². The van der Waals surface area contributed by atoms with Gasteiger partial charge in [-0.2, -0.15) is 0 Å². The lowest BCUT2D eigenvalue weighted by molar-refractivity contribution is 0.393. The van der Waals surface area contributed by atoms with Gasteiger partial charge in [-0.1, -0.05) is 23.4 Å². The number of aromatic amines is 1. The van der Waals surface area contributed by atoms with Gasteiger partial charge in [0.25, 0.3) is 10.0 Å². The number of fused-ring (bicyclic) bond motifs is 1. The molecule has 0 saturated heterocycles. The van der Waals surface area contributed by atoms with Gasteiger partial charge in [-0.05, 0) is 56.2 Å². The van der Waals surface area contributed by atoms with Crippen LogP contribution in [-0.4, -0.2) is 23.5 Å². The SMILES string of the molecule is Cc1noc(C)c1-c1cc(C)c2nc(NS(=O)(=O)c3ccccc3)[nH]c2c1. The van der Waals surface area contributed by atoms with Crippen molar-refractivity contribution in [3.05, 3.63) is 59.5 Å². The smallest absolute Gasteiger partial charge is 0.264 e. The van der Waals surface area contributed by atoms with E-state index >= 15 is 0 Å². The molecule has 4 aromatic rings. The fourth-order valence-corrected chi connectivity index (χ4v) is 4.15. The Hall–Kier alpha value is -3.13. The fraction of sp³-hybridized carbons (Fsp3) is 0.158. The first-order valence-electron chi connectivity index (χ1n) is 8.36. The lowest BCUT2D eigenvalue weighted by atomic mass is 10.0. The Kier molecular flexibility index (Phi) is 4.00. The number of benzene rings is 2. The van der Waals surface area contributed by atoms with E-state index < -0.39 is 10.0 Å². The summed E-state index contributed by atoms with van der Waals surface area (Å²) in [5.74, 6) is 0.906. The van der Waals surface area contributed by atoms with Crippen molar-refractivity contribution in [2.45, 2.75) is 25.7 Å². The van der Waals surface area contributed by atoms with Gasteiger partial charge in [0, 0.05) is 5.56 Å². The van der Waals surface area contributed by atoms with Crippen molar-refractivity contribution in [2.75, 3.05) is 4.72 Å². The highest BCUT2D eigenvalue weighted by atomic mass is 32.2. The molecule has 7 nitrogen and oxygen atoms in total. The van der Waals surface area contributed by atoms with E-state index in [0.717, 1.165) is 33.7 Å². The molecule has 0 unspecified atom stereocenters. The number of nitrogens with one attached hydrogen (secondary N) is 2. The molecule has 0 fully saturated rings. The second-order valence-electron chi connectivity index (χ2n) is 6.39. The Labute approximate surface area is 156 Å². The van der Waals surface area contributed by atoms with E-state index in [0.29, 0.717) is 5.52 Å². The molecule has 0 radical (unpaired) electrons. The van der Waals surface area contributed by atoms with Crippen LogP contribution < -0.4 is 4.72 Å². The van der Waals surface area contributed by atoms with Crippen molar-refractivity contribution in [3.63, 3.8) is 0 Å². The van der Waals surface area contributed by atoms with Crippen molar-refractivity contribution < 1.29 is 12.9 Å². The van der Waals surface area contributed by atoms with Crippen LogP contribution in [0.4, 0.5) is 5.95 Å². The Bertz CT molecular complexity index is 1220. The molecule has 138 valence electrons. The minimum absolute atomic E-state index is 0.174. The molecule has 0 aliphatic carbocycles. The molecule has 0 amide bonds. The molecule has 2 heterocycles. The Morgan fingerprint density at radius 3 is 2.48 bits per heavy atom. The van der Waals surface area contributed by atoms with Gasteiger partial charge < -0.3 is 9.51 Å². The summed E-state index contributed by atoms with van der Waals surface area (Å²) in [6.45, 7) is 5.68. The third-order valence-electron chi connectivity index (χ3n) is 4.38. The number of aromatic nitrogens is 3. The van der Waals surface area contributed by atoms with Crippen molar-refractivity contribution >= 4 is 27.0 Å². The van der Waals surface area contributed by atoms with E-state index in [-0.39, 0.29) is 10.8 Å². The summed E-state index contributed by atoms with van der Waals surface area (Å²) >= 11 is 0. The van der Waals surface area contributed by atoms with E-state index in [1.54, 1.807) is 18.2 Å². The summed E-state index contributed by atoms with van der Waals surface area (Å²) in [6.07, 6.45) is 0. The molecule has 4 rings (SSSR count). The topological polar surface area (TPSA) is 101 Å². The number of hydrogen-bond donors (Lipinski definition) is 2. The largest absolute Gasteiger partial charge is 0.361 e. The molecule has 27 heavy (non-hydrogen) atoms. The van der Waals surface area contributed by atoms with Crippen LogP contribution in [0.5, 0.6) is 0 Å². The van der Waals surface area contributed by atoms with Gasteiger partial charge in [0.05, 0.1) is 21.6 Å². The Morgan fingerprint density at radius 1 is 1.07 bits per heavy atom. The van der Waals surface area contributed by atoms with Crippen LogP contribution in [0.1, 0.15) is 17.0 Å². The molecule has 2 aromatic carbocycles. The van der Waals surface area contributed by atoms with E-state index in [9.17, 15) is 8.42 Å². The summed E-state index contributed by atoms with van der Waals surface area (Å²) < 4.78 is 32.8. The van der Waals surface area contributed by atoms with Crippen LogP contribution in [0.2, 0.25) is 0 Å². The van der Waals surface area contributed by atoms with Crippen LogP contribution in [0.3, 0.4) is 0 Å². The third kappa shape index (κ3) is 3.08. The third-order valence-corrected chi connectivity index (χ3v) is 5.74. The van der Waals surface area contributed by atoms with E-state index in [1.807, 2.05) is 32.9 Å². The van der Waals surface area contributed by atoms with Gasteiger partial charge in [-0.25, -0.2) is 18.1 Å². The van der Waals surface area contributed by atoms with Gasteiger partial charge in [-0.3, -0.25) is 0 Å². The van der Waals surface area contributed by atoms with Crippen LogP contribution in [0, 0.1) is 20.8 Å². The summed E-state index contributed by atoms with van der Waals surface area (Å²) in [4.78, 5) is 7.64. The first kappa shape index (κ1) is 17.3. The molecule has 2 aromatic heterocycles. The molecule has 0 bridgehead atoms. The highest BCUT2D eigenvalue weighted by Gasteiger charge is 2.18. The zero-order valence-electron chi connectivity index (χ0n) is 15.1. The summed E-state index contributed by atoms with van der Waals surface area (Å²) in [5, 5.41) is 4.00. The molecule has 0 spiro atoms. The highest BCUT2D eigenvalue weighted by Crippen LogP contribution is 2.31. The Balaban J connectivity index is 1.76. The minimum Gasteiger partial charge on any atom is -0.361 e.